The van der Waals surface area contributed by atoms with Gasteiger partial charge in [-0.05, 0) is 26.3 Å². The topological polar surface area (TPSA) is 58.1 Å². The van der Waals surface area contributed by atoms with Crippen LogP contribution in [-0.2, 0) is 6.42 Å². The molecule has 5 nitrogen and oxygen atoms in total. The third-order valence-electron chi connectivity index (χ3n) is 3.32. The van der Waals surface area contributed by atoms with Gasteiger partial charge >= 0.3 is 0 Å². The number of carbonyl (C=O) groups is 1. The van der Waals surface area contributed by atoms with Crippen LogP contribution in [0.2, 0.25) is 0 Å². The third kappa shape index (κ3) is 2.51. The van der Waals surface area contributed by atoms with Crippen molar-refractivity contribution in [1.82, 2.24) is 20.4 Å². The average molecular weight is 248 g/mol. The second-order valence-corrected chi connectivity index (χ2v) is 4.75. The number of aromatic nitrogens is 2. The summed E-state index contributed by atoms with van der Waals surface area (Å²) in [5.74, 6) is 0.0823. The van der Waals surface area contributed by atoms with Crippen LogP contribution in [0.25, 0.3) is 0 Å². The fourth-order valence-corrected chi connectivity index (χ4v) is 2.26. The van der Waals surface area contributed by atoms with Crippen LogP contribution in [0.4, 0.5) is 0 Å². The molecule has 18 heavy (non-hydrogen) atoms. The van der Waals surface area contributed by atoms with Crippen LogP contribution in [0.3, 0.4) is 0 Å². The molecule has 0 aliphatic carbocycles. The SMILES string of the molecule is CCc1nnc(C)cc1C(=O)N1CCNC[C@H]1C. The summed E-state index contributed by atoms with van der Waals surface area (Å²) in [6.07, 6.45) is 0.731. The molecule has 1 aromatic heterocycles. The van der Waals surface area contributed by atoms with Gasteiger partial charge in [-0.1, -0.05) is 6.92 Å². The quantitative estimate of drug-likeness (QED) is 0.840. The molecular weight excluding hydrogens is 228 g/mol. The summed E-state index contributed by atoms with van der Waals surface area (Å²) in [6, 6.07) is 2.08. The first-order chi connectivity index (χ1) is 8.63. The van der Waals surface area contributed by atoms with Gasteiger partial charge in [-0.25, -0.2) is 0 Å². The lowest BCUT2D eigenvalue weighted by Gasteiger charge is -2.34. The summed E-state index contributed by atoms with van der Waals surface area (Å²) in [4.78, 5) is 14.5. The minimum absolute atomic E-state index is 0.0823. The highest BCUT2D eigenvalue weighted by atomic mass is 16.2. The maximum Gasteiger partial charge on any atom is 0.256 e. The molecule has 0 saturated carbocycles. The highest BCUT2D eigenvalue weighted by Crippen LogP contribution is 2.14. The summed E-state index contributed by atoms with van der Waals surface area (Å²) < 4.78 is 0. The van der Waals surface area contributed by atoms with Gasteiger partial charge in [-0.3, -0.25) is 4.79 Å². The summed E-state index contributed by atoms with van der Waals surface area (Å²) in [5.41, 5.74) is 2.29. The standard InChI is InChI=1S/C13H20N4O/c1-4-12-11(7-9(2)15-16-12)13(18)17-6-5-14-8-10(17)3/h7,10,14H,4-6,8H2,1-3H3/t10-/m1/s1. The monoisotopic (exact) mass is 248 g/mol. The molecule has 1 aliphatic heterocycles. The lowest BCUT2D eigenvalue weighted by molar-refractivity contribution is 0.0653. The normalized spacial score (nSPS) is 19.9. The molecule has 5 heteroatoms. The van der Waals surface area contributed by atoms with Gasteiger partial charge in [0.15, 0.2) is 0 Å². The van der Waals surface area contributed by atoms with Crippen molar-refractivity contribution in [3.05, 3.63) is 23.0 Å². The van der Waals surface area contributed by atoms with Crippen LogP contribution < -0.4 is 5.32 Å². The molecule has 1 atom stereocenters. The Hall–Kier alpha value is -1.49. The van der Waals surface area contributed by atoms with Gasteiger partial charge < -0.3 is 10.2 Å². The van der Waals surface area contributed by atoms with Gasteiger partial charge in [0.05, 0.1) is 17.0 Å². The Labute approximate surface area is 108 Å². The highest BCUT2D eigenvalue weighted by molar-refractivity contribution is 5.95. The number of aryl methyl sites for hydroxylation is 2. The minimum atomic E-state index is 0.0823. The second-order valence-electron chi connectivity index (χ2n) is 4.75. The zero-order valence-electron chi connectivity index (χ0n) is 11.2. The number of hydrogen-bond donors (Lipinski definition) is 1. The van der Waals surface area contributed by atoms with Crippen molar-refractivity contribution in [3.63, 3.8) is 0 Å². The molecule has 2 heterocycles. The molecule has 1 aliphatic rings. The first kappa shape index (κ1) is 13.0. The van der Waals surface area contributed by atoms with Crippen LogP contribution in [-0.4, -0.2) is 46.7 Å². The Morgan fingerprint density at radius 3 is 3.00 bits per heavy atom. The van der Waals surface area contributed by atoms with E-state index in [4.69, 9.17) is 0 Å². The molecule has 2 rings (SSSR count). The number of hydrogen-bond acceptors (Lipinski definition) is 4. The van der Waals surface area contributed by atoms with E-state index in [1.165, 1.54) is 0 Å². The molecule has 1 saturated heterocycles. The molecule has 0 aromatic carbocycles. The van der Waals surface area contributed by atoms with E-state index in [1.807, 2.05) is 24.8 Å². The van der Waals surface area contributed by atoms with Gasteiger partial charge in [-0.15, -0.1) is 0 Å². The highest BCUT2D eigenvalue weighted by Gasteiger charge is 2.26. The van der Waals surface area contributed by atoms with E-state index >= 15 is 0 Å². The van der Waals surface area contributed by atoms with Crippen molar-refractivity contribution in [2.75, 3.05) is 19.6 Å². The Morgan fingerprint density at radius 1 is 1.56 bits per heavy atom. The molecule has 0 bridgehead atoms. The van der Waals surface area contributed by atoms with Crippen molar-refractivity contribution in [3.8, 4) is 0 Å². The van der Waals surface area contributed by atoms with Gasteiger partial charge in [0.25, 0.3) is 5.91 Å². The molecule has 0 radical (unpaired) electrons. The second kappa shape index (κ2) is 5.44. The van der Waals surface area contributed by atoms with Crippen molar-refractivity contribution in [2.45, 2.75) is 33.2 Å². The van der Waals surface area contributed by atoms with E-state index in [1.54, 1.807) is 0 Å². The largest absolute Gasteiger partial charge is 0.333 e. The number of carbonyl (C=O) groups excluding carboxylic acids is 1. The summed E-state index contributed by atoms with van der Waals surface area (Å²) >= 11 is 0. The van der Waals surface area contributed by atoms with Crippen molar-refractivity contribution in [2.24, 2.45) is 0 Å². The van der Waals surface area contributed by atoms with E-state index in [0.29, 0.717) is 5.56 Å². The molecule has 98 valence electrons. The maximum absolute atomic E-state index is 12.6. The lowest BCUT2D eigenvalue weighted by atomic mass is 10.1. The molecule has 1 fully saturated rings. The summed E-state index contributed by atoms with van der Waals surface area (Å²) in [5, 5.41) is 11.4. The Bertz CT molecular complexity index is 447. The van der Waals surface area contributed by atoms with Crippen LogP contribution in [0, 0.1) is 6.92 Å². The predicted molar refractivity (Wildman–Crippen MR) is 69.5 cm³/mol. The fraction of sp³-hybridized carbons (Fsp3) is 0.615. The first-order valence-electron chi connectivity index (χ1n) is 6.48. The summed E-state index contributed by atoms with van der Waals surface area (Å²) in [7, 11) is 0. The number of rotatable bonds is 2. The van der Waals surface area contributed by atoms with E-state index in [2.05, 4.69) is 22.4 Å². The van der Waals surface area contributed by atoms with E-state index < -0.39 is 0 Å². The Balaban J connectivity index is 2.29. The van der Waals surface area contributed by atoms with Gasteiger partial charge in [0.1, 0.15) is 0 Å². The minimum Gasteiger partial charge on any atom is -0.333 e. The van der Waals surface area contributed by atoms with Crippen LogP contribution in [0.15, 0.2) is 6.07 Å². The Morgan fingerprint density at radius 2 is 2.33 bits per heavy atom. The number of nitrogens with zero attached hydrogens (tertiary/aromatic N) is 3. The molecule has 1 amide bonds. The first-order valence-corrected chi connectivity index (χ1v) is 6.48. The molecule has 0 unspecified atom stereocenters. The smallest absolute Gasteiger partial charge is 0.256 e. The van der Waals surface area contributed by atoms with Crippen LogP contribution in [0.5, 0.6) is 0 Å². The number of piperazine rings is 1. The molecular formula is C13H20N4O. The predicted octanol–water partition coefficient (Wildman–Crippen LogP) is 0.781. The Kier molecular flexibility index (Phi) is 3.91. The van der Waals surface area contributed by atoms with Crippen molar-refractivity contribution in [1.29, 1.82) is 0 Å². The fourth-order valence-electron chi connectivity index (χ4n) is 2.26. The van der Waals surface area contributed by atoms with Gasteiger partial charge in [0, 0.05) is 25.7 Å². The maximum atomic E-state index is 12.6. The van der Waals surface area contributed by atoms with E-state index in [-0.39, 0.29) is 11.9 Å². The third-order valence-corrected chi connectivity index (χ3v) is 3.32. The van der Waals surface area contributed by atoms with Crippen molar-refractivity contribution < 1.29 is 4.79 Å². The van der Waals surface area contributed by atoms with Gasteiger partial charge in [-0.2, -0.15) is 10.2 Å². The number of amides is 1. The summed E-state index contributed by atoms with van der Waals surface area (Å²) in [6.45, 7) is 8.39. The molecule has 1 N–H and O–H groups in total. The van der Waals surface area contributed by atoms with Crippen LogP contribution >= 0.6 is 0 Å². The van der Waals surface area contributed by atoms with Crippen LogP contribution in [0.1, 0.15) is 35.6 Å². The van der Waals surface area contributed by atoms with Gasteiger partial charge in [0.2, 0.25) is 0 Å². The number of nitrogens with one attached hydrogen (secondary N) is 1. The zero-order chi connectivity index (χ0) is 13.1. The lowest BCUT2D eigenvalue weighted by Crippen LogP contribution is -2.52. The average Bonchev–Trinajstić information content (AvgIpc) is 2.38. The van der Waals surface area contributed by atoms with E-state index in [9.17, 15) is 4.79 Å². The van der Waals surface area contributed by atoms with Crippen molar-refractivity contribution >= 4 is 5.91 Å². The van der Waals surface area contributed by atoms with E-state index in [0.717, 1.165) is 37.4 Å². The zero-order valence-corrected chi connectivity index (χ0v) is 11.2. The molecule has 1 aromatic rings. The molecule has 0 spiro atoms.